The summed E-state index contributed by atoms with van der Waals surface area (Å²) < 4.78 is 5.25. The molecule has 0 saturated carbocycles. The van der Waals surface area contributed by atoms with Crippen LogP contribution in [0.3, 0.4) is 0 Å². The molecule has 0 spiro atoms. The van der Waals surface area contributed by atoms with E-state index in [-0.39, 0.29) is 12.5 Å². The molecule has 1 unspecified atom stereocenters. The van der Waals surface area contributed by atoms with E-state index < -0.39 is 6.10 Å². The summed E-state index contributed by atoms with van der Waals surface area (Å²) in [5.41, 5.74) is 2.38. The number of carbonyl (C=O) groups excluding carboxylic acids is 1. The largest absolute Gasteiger partial charge is 0.469 e. The van der Waals surface area contributed by atoms with E-state index in [1.165, 1.54) is 17.6 Å². The zero-order chi connectivity index (χ0) is 16.9. The van der Waals surface area contributed by atoms with Crippen LogP contribution in [-0.2, 0) is 6.54 Å². The average molecular weight is 341 g/mol. The van der Waals surface area contributed by atoms with Crippen LogP contribution in [0.25, 0.3) is 0 Å². The van der Waals surface area contributed by atoms with Crippen molar-refractivity contribution in [1.29, 1.82) is 0 Å². The first-order valence-electron chi connectivity index (χ1n) is 7.72. The predicted octanol–water partition coefficient (Wildman–Crippen LogP) is 4.03. The van der Waals surface area contributed by atoms with Gasteiger partial charge in [0.05, 0.1) is 24.5 Å². The topological polar surface area (TPSA) is 53.7 Å². The summed E-state index contributed by atoms with van der Waals surface area (Å²) in [6.07, 6.45) is 0.801. The molecule has 0 saturated heterocycles. The molecule has 0 bridgehead atoms. The summed E-state index contributed by atoms with van der Waals surface area (Å²) in [6, 6.07) is 13.3. The lowest BCUT2D eigenvalue weighted by Gasteiger charge is -2.25. The highest BCUT2D eigenvalue weighted by atomic mass is 32.1. The molecule has 1 amide bonds. The van der Waals surface area contributed by atoms with Crippen molar-refractivity contribution in [3.63, 3.8) is 0 Å². The molecule has 2 heterocycles. The van der Waals surface area contributed by atoms with Crippen LogP contribution in [-0.4, -0.2) is 22.5 Å². The molecule has 0 radical (unpaired) electrons. The Kier molecular flexibility index (Phi) is 5.13. The number of hydrogen-bond donors (Lipinski definition) is 1. The number of nitrogens with zero attached hydrogens (tertiary/aromatic N) is 1. The minimum atomic E-state index is -0.712. The molecule has 124 valence electrons. The normalized spacial score (nSPS) is 12.1. The Hall–Kier alpha value is -2.37. The van der Waals surface area contributed by atoms with Gasteiger partial charge in [0.15, 0.2) is 0 Å². The fourth-order valence-corrected chi connectivity index (χ4v) is 3.29. The predicted molar refractivity (Wildman–Crippen MR) is 93.9 cm³/mol. The second kappa shape index (κ2) is 7.47. The molecule has 5 heteroatoms. The Bertz CT molecular complexity index is 780. The maximum absolute atomic E-state index is 12.9. The molecule has 0 aliphatic carbocycles. The van der Waals surface area contributed by atoms with Crippen LogP contribution in [0.2, 0.25) is 0 Å². The highest BCUT2D eigenvalue weighted by Gasteiger charge is 2.23. The lowest BCUT2D eigenvalue weighted by molar-refractivity contribution is 0.0602. The second-order valence-corrected chi connectivity index (χ2v) is 6.41. The summed E-state index contributed by atoms with van der Waals surface area (Å²) in [5, 5.41) is 14.3. The number of carbonyl (C=O) groups is 1. The van der Waals surface area contributed by atoms with Gasteiger partial charge < -0.3 is 14.4 Å². The molecular weight excluding hydrogens is 322 g/mol. The zero-order valence-electron chi connectivity index (χ0n) is 13.4. The molecule has 0 aliphatic heterocycles. The Morgan fingerprint density at radius 3 is 2.67 bits per heavy atom. The molecule has 2 aromatic heterocycles. The number of aliphatic hydroxyl groups is 1. The molecular formula is C19H19NO3S. The summed E-state index contributed by atoms with van der Waals surface area (Å²) in [5.74, 6) is 0.447. The third-order valence-corrected chi connectivity index (χ3v) is 4.62. The summed E-state index contributed by atoms with van der Waals surface area (Å²) >= 11 is 1.53. The van der Waals surface area contributed by atoms with Crippen molar-refractivity contribution in [2.75, 3.05) is 6.54 Å². The Balaban J connectivity index is 1.83. The van der Waals surface area contributed by atoms with Gasteiger partial charge in [-0.15, -0.1) is 0 Å². The van der Waals surface area contributed by atoms with Gasteiger partial charge in [-0.2, -0.15) is 11.3 Å². The highest BCUT2D eigenvalue weighted by Crippen LogP contribution is 2.21. The minimum absolute atomic E-state index is 0.139. The van der Waals surface area contributed by atoms with Crippen molar-refractivity contribution < 1.29 is 14.3 Å². The molecule has 1 atom stereocenters. The molecule has 0 aliphatic rings. The van der Waals surface area contributed by atoms with E-state index in [0.29, 0.717) is 17.9 Å². The van der Waals surface area contributed by atoms with Gasteiger partial charge in [0.1, 0.15) is 5.76 Å². The lowest BCUT2D eigenvalue weighted by Crippen LogP contribution is -2.34. The number of hydrogen-bond acceptors (Lipinski definition) is 4. The van der Waals surface area contributed by atoms with E-state index >= 15 is 0 Å². The van der Waals surface area contributed by atoms with Crippen LogP contribution in [0.5, 0.6) is 0 Å². The van der Waals surface area contributed by atoms with Gasteiger partial charge in [-0.1, -0.05) is 30.3 Å². The Labute approximate surface area is 145 Å². The average Bonchev–Trinajstić information content (AvgIpc) is 3.26. The fraction of sp³-hybridized carbons (Fsp3) is 0.211. The molecule has 1 aromatic carbocycles. The number of benzene rings is 1. The van der Waals surface area contributed by atoms with Crippen LogP contribution in [0, 0.1) is 6.92 Å². The first-order valence-corrected chi connectivity index (χ1v) is 8.67. The number of thiophene rings is 1. The van der Waals surface area contributed by atoms with E-state index in [2.05, 4.69) is 0 Å². The van der Waals surface area contributed by atoms with E-state index in [4.69, 9.17) is 4.42 Å². The van der Waals surface area contributed by atoms with E-state index in [0.717, 1.165) is 11.1 Å². The van der Waals surface area contributed by atoms with Crippen LogP contribution >= 0.6 is 11.3 Å². The molecule has 0 fully saturated rings. The van der Waals surface area contributed by atoms with Crippen LogP contribution in [0.4, 0.5) is 0 Å². The van der Waals surface area contributed by atoms with Gasteiger partial charge in [0.2, 0.25) is 0 Å². The molecule has 3 rings (SSSR count). The first-order chi connectivity index (χ1) is 11.6. The molecule has 24 heavy (non-hydrogen) atoms. The summed E-state index contributed by atoms with van der Waals surface area (Å²) in [6.45, 7) is 2.43. The van der Waals surface area contributed by atoms with Crippen molar-refractivity contribution >= 4 is 17.2 Å². The molecule has 1 N–H and O–H groups in total. The van der Waals surface area contributed by atoms with Gasteiger partial charge >= 0.3 is 0 Å². The van der Waals surface area contributed by atoms with Gasteiger partial charge in [-0.25, -0.2) is 0 Å². The summed E-state index contributed by atoms with van der Waals surface area (Å²) in [7, 11) is 0. The van der Waals surface area contributed by atoms with Crippen LogP contribution in [0.1, 0.15) is 33.3 Å². The minimum Gasteiger partial charge on any atom is -0.469 e. The monoisotopic (exact) mass is 341 g/mol. The zero-order valence-corrected chi connectivity index (χ0v) is 14.2. The Morgan fingerprint density at radius 1 is 1.25 bits per heavy atom. The SMILES string of the molecule is Cc1occc1C(=O)N(Cc1ccccc1)CC(O)c1ccsc1. The smallest absolute Gasteiger partial charge is 0.257 e. The second-order valence-electron chi connectivity index (χ2n) is 5.63. The van der Waals surface area contributed by atoms with Gasteiger partial charge in [-0.05, 0) is 40.9 Å². The third kappa shape index (κ3) is 3.75. The van der Waals surface area contributed by atoms with Gasteiger partial charge in [-0.3, -0.25) is 4.79 Å². The van der Waals surface area contributed by atoms with E-state index in [1.807, 2.05) is 47.2 Å². The third-order valence-electron chi connectivity index (χ3n) is 3.91. The molecule has 3 aromatic rings. The number of rotatable bonds is 6. The van der Waals surface area contributed by atoms with Crippen molar-refractivity contribution in [2.24, 2.45) is 0 Å². The maximum Gasteiger partial charge on any atom is 0.257 e. The van der Waals surface area contributed by atoms with E-state index in [1.54, 1.807) is 17.9 Å². The fourth-order valence-electron chi connectivity index (χ4n) is 2.58. The number of amides is 1. The first kappa shape index (κ1) is 16.5. The highest BCUT2D eigenvalue weighted by molar-refractivity contribution is 7.07. The quantitative estimate of drug-likeness (QED) is 0.736. The van der Waals surface area contributed by atoms with Crippen molar-refractivity contribution in [1.82, 2.24) is 4.90 Å². The standard InChI is InChI=1S/C19H19NO3S/c1-14-17(7-9-23-14)19(22)20(11-15-5-3-2-4-6-15)12-18(21)16-8-10-24-13-16/h2-10,13,18,21H,11-12H2,1H3. The number of aryl methyl sites for hydroxylation is 1. The van der Waals surface area contributed by atoms with E-state index in [9.17, 15) is 9.90 Å². The number of aliphatic hydroxyl groups excluding tert-OH is 1. The van der Waals surface area contributed by atoms with Crippen molar-refractivity contribution in [3.05, 3.63) is 81.9 Å². The number of furan rings is 1. The van der Waals surface area contributed by atoms with Crippen molar-refractivity contribution in [2.45, 2.75) is 19.6 Å². The van der Waals surface area contributed by atoms with Gasteiger partial charge in [0, 0.05) is 6.54 Å². The molecule has 4 nitrogen and oxygen atoms in total. The van der Waals surface area contributed by atoms with Crippen LogP contribution in [0.15, 0.2) is 63.9 Å². The van der Waals surface area contributed by atoms with Gasteiger partial charge in [0.25, 0.3) is 5.91 Å². The Morgan fingerprint density at radius 2 is 2.04 bits per heavy atom. The van der Waals surface area contributed by atoms with Crippen LogP contribution < -0.4 is 0 Å². The lowest BCUT2D eigenvalue weighted by atomic mass is 10.1. The summed E-state index contributed by atoms with van der Waals surface area (Å²) in [4.78, 5) is 14.6. The van der Waals surface area contributed by atoms with Crippen molar-refractivity contribution in [3.8, 4) is 0 Å². The maximum atomic E-state index is 12.9.